The molecule has 0 heterocycles. The van der Waals surface area contributed by atoms with Crippen LogP contribution in [0, 0.1) is 0 Å². The van der Waals surface area contributed by atoms with E-state index in [1.54, 1.807) is 0 Å². The van der Waals surface area contributed by atoms with Gasteiger partial charge in [-0.1, -0.05) is 30.3 Å². The molecule has 0 aliphatic carbocycles. The summed E-state index contributed by atoms with van der Waals surface area (Å²) in [4.78, 5) is 47.1. The zero-order valence-electron chi connectivity index (χ0n) is 14.4. The smallest absolute Gasteiger partial charge is 0.328 e. The summed E-state index contributed by atoms with van der Waals surface area (Å²) in [5.74, 6) is -2.44. The van der Waals surface area contributed by atoms with Crippen LogP contribution in [-0.4, -0.2) is 50.1 Å². The third-order valence-corrected chi connectivity index (χ3v) is 3.38. The summed E-state index contributed by atoms with van der Waals surface area (Å²) in [6, 6.07) is 6.99. The Morgan fingerprint density at radius 3 is 2.12 bits per heavy atom. The normalized spacial score (nSPS) is 12.4. The first-order valence-corrected chi connectivity index (χ1v) is 7.63. The van der Waals surface area contributed by atoms with Crippen LogP contribution in [0.15, 0.2) is 30.3 Å². The number of amides is 2. The van der Waals surface area contributed by atoms with Crippen LogP contribution in [0.1, 0.15) is 18.9 Å². The Labute approximate surface area is 145 Å². The topological polar surface area (TPSA) is 111 Å². The van der Waals surface area contributed by atoms with E-state index in [1.807, 2.05) is 30.3 Å². The molecule has 0 spiro atoms. The van der Waals surface area contributed by atoms with E-state index >= 15 is 0 Å². The van der Waals surface area contributed by atoms with Crippen molar-refractivity contribution >= 4 is 23.8 Å². The van der Waals surface area contributed by atoms with Crippen molar-refractivity contribution in [3.63, 3.8) is 0 Å². The molecule has 8 nitrogen and oxygen atoms in total. The van der Waals surface area contributed by atoms with Gasteiger partial charge in [0.05, 0.1) is 20.6 Å². The number of methoxy groups -OCH3 is 2. The summed E-state index contributed by atoms with van der Waals surface area (Å²) >= 11 is 0. The number of hydrogen-bond acceptors (Lipinski definition) is 6. The van der Waals surface area contributed by atoms with Gasteiger partial charge in [0.1, 0.15) is 12.1 Å². The van der Waals surface area contributed by atoms with E-state index in [9.17, 15) is 19.2 Å². The van der Waals surface area contributed by atoms with Gasteiger partial charge in [-0.15, -0.1) is 0 Å². The minimum Gasteiger partial charge on any atom is -0.469 e. The molecule has 0 saturated carbocycles. The van der Waals surface area contributed by atoms with Gasteiger partial charge in [-0.2, -0.15) is 0 Å². The summed E-state index contributed by atoms with van der Waals surface area (Å²) < 4.78 is 9.10. The molecule has 0 aliphatic rings. The minimum atomic E-state index is -1.20. The molecule has 25 heavy (non-hydrogen) atoms. The average molecular weight is 350 g/mol. The van der Waals surface area contributed by atoms with Gasteiger partial charge < -0.3 is 20.1 Å². The van der Waals surface area contributed by atoms with Gasteiger partial charge in [-0.05, 0) is 5.56 Å². The number of esters is 2. The lowest BCUT2D eigenvalue weighted by atomic mass is 10.0. The second-order valence-electron chi connectivity index (χ2n) is 5.31. The number of benzene rings is 1. The highest BCUT2D eigenvalue weighted by Crippen LogP contribution is 2.05. The van der Waals surface area contributed by atoms with Crippen molar-refractivity contribution in [3.8, 4) is 0 Å². The highest BCUT2D eigenvalue weighted by molar-refractivity contribution is 5.92. The van der Waals surface area contributed by atoms with Crippen molar-refractivity contribution in [2.45, 2.75) is 31.8 Å². The van der Waals surface area contributed by atoms with Crippen LogP contribution < -0.4 is 10.6 Å². The largest absolute Gasteiger partial charge is 0.469 e. The van der Waals surface area contributed by atoms with Gasteiger partial charge >= 0.3 is 11.9 Å². The maximum atomic E-state index is 12.5. The van der Waals surface area contributed by atoms with Gasteiger partial charge in [-0.3, -0.25) is 14.4 Å². The second kappa shape index (κ2) is 10.1. The molecule has 0 bridgehead atoms. The zero-order valence-corrected chi connectivity index (χ0v) is 14.4. The lowest BCUT2D eigenvalue weighted by molar-refractivity contribution is -0.151. The van der Waals surface area contributed by atoms with Crippen LogP contribution in [-0.2, 0) is 35.1 Å². The maximum absolute atomic E-state index is 12.5. The third-order valence-electron chi connectivity index (χ3n) is 3.38. The fourth-order valence-electron chi connectivity index (χ4n) is 2.16. The number of ether oxygens (including phenoxy) is 2. The fraction of sp³-hybridized carbons (Fsp3) is 0.412. The van der Waals surface area contributed by atoms with Gasteiger partial charge in [0.15, 0.2) is 0 Å². The molecular formula is C17H22N2O6. The van der Waals surface area contributed by atoms with Crippen molar-refractivity contribution < 1.29 is 28.7 Å². The van der Waals surface area contributed by atoms with E-state index in [1.165, 1.54) is 14.0 Å². The molecule has 8 heteroatoms. The van der Waals surface area contributed by atoms with Crippen molar-refractivity contribution in [1.82, 2.24) is 10.6 Å². The maximum Gasteiger partial charge on any atom is 0.328 e. The van der Waals surface area contributed by atoms with Crippen molar-refractivity contribution in [2.75, 3.05) is 14.2 Å². The van der Waals surface area contributed by atoms with Crippen LogP contribution in [0.25, 0.3) is 0 Å². The summed E-state index contributed by atoms with van der Waals surface area (Å²) in [7, 11) is 2.32. The predicted octanol–water partition coefficient (Wildman–Crippen LogP) is -0.0453. The molecule has 0 saturated heterocycles. The number of carbonyl (C=O) groups excluding carboxylic acids is 4. The van der Waals surface area contributed by atoms with Crippen LogP contribution in [0.2, 0.25) is 0 Å². The van der Waals surface area contributed by atoms with Crippen LogP contribution in [0.3, 0.4) is 0 Å². The molecule has 2 amide bonds. The van der Waals surface area contributed by atoms with Crippen molar-refractivity contribution in [1.29, 1.82) is 0 Å². The number of carbonyl (C=O) groups is 4. The SMILES string of the molecule is COC(=O)C[C@@H](NC(=O)[C@@H](Cc1ccccc1)NC(C)=O)C(=O)OC. The predicted molar refractivity (Wildman–Crippen MR) is 88.3 cm³/mol. The number of nitrogens with one attached hydrogen (secondary N) is 2. The molecular weight excluding hydrogens is 328 g/mol. The Kier molecular flexibility index (Phi) is 8.11. The van der Waals surface area contributed by atoms with Crippen LogP contribution >= 0.6 is 0 Å². The van der Waals surface area contributed by atoms with Crippen LogP contribution in [0.4, 0.5) is 0 Å². The lowest BCUT2D eigenvalue weighted by Gasteiger charge is -2.21. The van der Waals surface area contributed by atoms with E-state index in [4.69, 9.17) is 0 Å². The number of rotatable bonds is 8. The van der Waals surface area contributed by atoms with Crippen molar-refractivity contribution in [2.24, 2.45) is 0 Å². The van der Waals surface area contributed by atoms with E-state index in [-0.39, 0.29) is 12.8 Å². The highest BCUT2D eigenvalue weighted by Gasteiger charge is 2.29. The molecule has 2 N–H and O–H groups in total. The monoisotopic (exact) mass is 350 g/mol. The molecule has 1 aromatic rings. The first-order valence-electron chi connectivity index (χ1n) is 7.63. The summed E-state index contributed by atoms with van der Waals surface area (Å²) in [6.07, 6.45) is -0.134. The van der Waals surface area contributed by atoms with E-state index in [0.717, 1.165) is 12.7 Å². The van der Waals surface area contributed by atoms with Crippen LogP contribution in [0.5, 0.6) is 0 Å². The molecule has 0 aliphatic heterocycles. The van der Waals surface area contributed by atoms with Gasteiger partial charge in [0, 0.05) is 13.3 Å². The van der Waals surface area contributed by atoms with E-state index in [2.05, 4.69) is 20.1 Å². The first kappa shape index (κ1) is 20.1. The molecule has 0 unspecified atom stereocenters. The van der Waals surface area contributed by atoms with E-state index in [0.29, 0.717) is 0 Å². The molecule has 2 atom stereocenters. The average Bonchev–Trinajstić information content (AvgIpc) is 2.60. The summed E-state index contributed by atoms with van der Waals surface area (Å²) in [5, 5.41) is 4.97. The molecule has 1 aromatic carbocycles. The Bertz CT molecular complexity index is 617. The van der Waals surface area contributed by atoms with Gasteiger partial charge in [0.2, 0.25) is 11.8 Å². The minimum absolute atomic E-state index is 0.234. The van der Waals surface area contributed by atoms with Gasteiger partial charge in [-0.25, -0.2) is 4.79 Å². The van der Waals surface area contributed by atoms with Crippen molar-refractivity contribution in [3.05, 3.63) is 35.9 Å². The molecule has 0 fully saturated rings. The third kappa shape index (κ3) is 7.03. The van der Waals surface area contributed by atoms with E-state index < -0.39 is 35.8 Å². The standard InChI is InChI=1S/C17H22N2O6/c1-11(20)18-13(9-12-7-5-4-6-8-12)16(22)19-14(17(23)25-3)10-15(21)24-2/h4-8,13-14H,9-10H2,1-3H3,(H,18,20)(H,19,22)/t13-,14-/m1/s1. The molecule has 1 rings (SSSR count). The number of hydrogen-bond donors (Lipinski definition) is 2. The van der Waals surface area contributed by atoms with Gasteiger partial charge in [0.25, 0.3) is 0 Å². The quantitative estimate of drug-likeness (QED) is 0.636. The summed E-state index contributed by atoms with van der Waals surface area (Å²) in [5.41, 5.74) is 0.832. The molecule has 0 aromatic heterocycles. The Hall–Kier alpha value is -2.90. The molecule has 0 radical (unpaired) electrons. The molecule has 136 valence electrons. The Balaban J connectivity index is 2.88. The fourth-order valence-corrected chi connectivity index (χ4v) is 2.16. The first-order chi connectivity index (χ1) is 11.9. The summed E-state index contributed by atoms with van der Waals surface area (Å²) in [6.45, 7) is 1.29. The second-order valence-corrected chi connectivity index (χ2v) is 5.31. The Morgan fingerprint density at radius 1 is 0.960 bits per heavy atom. The highest BCUT2D eigenvalue weighted by atomic mass is 16.5. The zero-order chi connectivity index (χ0) is 18.8. The Morgan fingerprint density at radius 2 is 1.60 bits per heavy atom. The lowest BCUT2D eigenvalue weighted by Crippen LogP contribution is -2.52.